The molecular weight excluding hydrogens is 408 g/mol. The van der Waals surface area contributed by atoms with Crippen molar-refractivity contribution in [2.45, 2.75) is 32.5 Å². The Labute approximate surface area is 168 Å². The summed E-state index contributed by atoms with van der Waals surface area (Å²) in [5, 5.41) is 9.32. The molecule has 1 atom stereocenters. The first-order valence-corrected chi connectivity index (χ1v) is 9.21. The third-order valence-corrected chi connectivity index (χ3v) is 5.17. The average molecular weight is 426 g/mol. The van der Waals surface area contributed by atoms with Crippen LogP contribution in [0.4, 0.5) is 38.5 Å². The lowest BCUT2D eigenvalue weighted by Gasteiger charge is -2.34. The van der Waals surface area contributed by atoms with E-state index in [2.05, 4.69) is 15.7 Å². The zero-order valence-corrected chi connectivity index (χ0v) is 15.8. The third kappa shape index (κ3) is 3.42. The van der Waals surface area contributed by atoms with E-state index in [0.29, 0.717) is 43.1 Å². The summed E-state index contributed by atoms with van der Waals surface area (Å²) in [6.07, 6.45) is -1.67. The first-order valence-electron chi connectivity index (χ1n) is 9.21. The van der Waals surface area contributed by atoms with Crippen LogP contribution in [-0.4, -0.2) is 45.9 Å². The molecule has 0 spiro atoms. The van der Waals surface area contributed by atoms with Crippen molar-refractivity contribution in [2.24, 2.45) is 0 Å². The highest BCUT2D eigenvalue weighted by Crippen LogP contribution is 2.30. The van der Waals surface area contributed by atoms with Gasteiger partial charge in [-0.25, -0.2) is 27.2 Å². The Morgan fingerprint density at radius 1 is 1.33 bits per heavy atom. The lowest BCUT2D eigenvalue weighted by Crippen LogP contribution is -2.47. The van der Waals surface area contributed by atoms with Crippen LogP contribution < -0.4 is 15.5 Å². The monoisotopic (exact) mass is 426 g/mol. The Morgan fingerprint density at radius 3 is 2.77 bits per heavy atom. The molecule has 30 heavy (non-hydrogen) atoms. The van der Waals surface area contributed by atoms with Crippen molar-refractivity contribution in [3.63, 3.8) is 0 Å². The fourth-order valence-corrected chi connectivity index (χ4v) is 3.62. The van der Waals surface area contributed by atoms with Gasteiger partial charge in [0, 0.05) is 24.8 Å². The standard InChI is InChI=1S/C18H18F4N6O2/c1-9-7-28-14(13(6-24-28)26-3-2-23-17(26)29)8-27(9)18(30)25-10-4-11(16(21)22)15(20)12(19)5-10/h4-6,9,16H,2-3,7-8H2,1H3,(H,23,29)(H,25,30). The molecule has 12 heteroatoms. The molecule has 2 aliphatic heterocycles. The van der Waals surface area contributed by atoms with E-state index in [0.717, 1.165) is 0 Å². The second-order valence-corrected chi connectivity index (χ2v) is 7.11. The molecule has 1 unspecified atom stereocenters. The van der Waals surface area contributed by atoms with E-state index in [1.807, 2.05) is 0 Å². The molecule has 2 aliphatic rings. The van der Waals surface area contributed by atoms with Crippen molar-refractivity contribution < 1.29 is 27.2 Å². The number of carbonyl (C=O) groups is 2. The second-order valence-electron chi connectivity index (χ2n) is 7.11. The topological polar surface area (TPSA) is 82.5 Å². The predicted octanol–water partition coefficient (Wildman–Crippen LogP) is 3.06. The molecule has 0 saturated carbocycles. The van der Waals surface area contributed by atoms with Crippen molar-refractivity contribution in [3.8, 4) is 0 Å². The maximum Gasteiger partial charge on any atom is 0.322 e. The SMILES string of the molecule is CC1Cn2ncc(N3CCNC3=O)c2CN1C(=O)Nc1cc(F)c(F)c(C(F)F)c1. The van der Waals surface area contributed by atoms with Gasteiger partial charge in [0.15, 0.2) is 11.6 Å². The smallest absolute Gasteiger partial charge is 0.322 e. The van der Waals surface area contributed by atoms with Gasteiger partial charge in [0.25, 0.3) is 6.43 Å². The number of carbonyl (C=O) groups excluding carboxylic acids is 2. The number of hydrogen-bond acceptors (Lipinski definition) is 3. The number of urea groups is 2. The summed E-state index contributed by atoms with van der Waals surface area (Å²) in [6, 6.07) is 0.106. The average Bonchev–Trinajstić information content (AvgIpc) is 3.28. The van der Waals surface area contributed by atoms with Crippen LogP contribution in [0.2, 0.25) is 0 Å². The van der Waals surface area contributed by atoms with Gasteiger partial charge >= 0.3 is 12.1 Å². The number of halogens is 4. The number of nitrogens with one attached hydrogen (secondary N) is 2. The molecule has 1 aromatic carbocycles. The number of aromatic nitrogens is 2. The van der Waals surface area contributed by atoms with Crippen LogP contribution in [0, 0.1) is 11.6 Å². The van der Waals surface area contributed by atoms with Gasteiger partial charge in [0.05, 0.1) is 42.3 Å². The molecule has 2 aromatic rings. The van der Waals surface area contributed by atoms with Crippen LogP contribution in [0.25, 0.3) is 0 Å². The lowest BCUT2D eigenvalue weighted by atomic mass is 10.1. The van der Waals surface area contributed by atoms with Crippen molar-refractivity contribution >= 4 is 23.4 Å². The molecule has 0 aliphatic carbocycles. The molecule has 4 rings (SSSR count). The van der Waals surface area contributed by atoms with Crippen molar-refractivity contribution in [1.82, 2.24) is 20.0 Å². The van der Waals surface area contributed by atoms with E-state index in [1.165, 1.54) is 9.80 Å². The highest BCUT2D eigenvalue weighted by atomic mass is 19.3. The number of benzene rings is 1. The molecule has 3 heterocycles. The summed E-state index contributed by atoms with van der Waals surface area (Å²) < 4.78 is 54.7. The van der Waals surface area contributed by atoms with Crippen LogP contribution in [0.3, 0.4) is 0 Å². The predicted molar refractivity (Wildman–Crippen MR) is 98.3 cm³/mol. The number of anilines is 2. The summed E-state index contributed by atoms with van der Waals surface area (Å²) in [6.45, 7) is 3.16. The van der Waals surface area contributed by atoms with Gasteiger partial charge in [0.1, 0.15) is 0 Å². The van der Waals surface area contributed by atoms with E-state index in [4.69, 9.17) is 0 Å². The van der Waals surface area contributed by atoms with E-state index in [1.54, 1.807) is 17.8 Å². The summed E-state index contributed by atoms with van der Waals surface area (Å²) in [7, 11) is 0. The molecule has 0 bridgehead atoms. The van der Waals surface area contributed by atoms with Crippen molar-refractivity contribution in [1.29, 1.82) is 0 Å². The van der Waals surface area contributed by atoms with Crippen LogP contribution in [0.5, 0.6) is 0 Å². The zero-order valence-electron chi connectivity index (χ0n) is 15.8. The summed E-state index contributed by atoms with van der Waals surface area (Å²) in [5.41, 5.74) is -0.196. The Kier molecular flexibility index (Phi) is 5.00. The van der Waals surface area contributed by atoms with Crippen LogP contribution in [-0.2, 0) is 13.1 Å². The Balaban J connectivity index is 1.56. The molecule has 2 N–H and O–H groups in total. The molecule has 1 saturated heterocycles. The lowest BCUT2D eigenvalue weighted by molar-refractivity contribution is 0.145. The zero-order chi connectivity index (χ0) is 21.6. The third-order valence-electron chi connectivity index (χ3n) is 5.17. The molecule has 160 valence electrons. The van der Waals surface area contributed by atoms with E-state index in [9.17, 15) is 27.2 Å². The first-order chi connectivity index (χ1) is 14.3. The van der Waals surface area contributed by atoms with E-state index < -0.39 is 29.7 Å². The minimum absolute atomic E-state index is 0.0947. The summed E-state index contributed by atoms with van der Waals surface area (Å²) in [4.78, 5) is 27.7. The van der Waals surface area contributed by atoms with Gasteiger partial charge in [-0.3, -0.25) is 9.58 Å². The molecule has 4 amide bonds. The maximum absolute atomic E-state index is 13.7. The number of fused-ring (bicyclic) bond motifs is 1. The first kappa shape index (κ1) is 20.0. The van der Waals surface area contributed by atoms with Gasteiger partial charge in [-0.1, -0.05) is 0 Å². The van der Waals surface area contributed by atoms with E-state index >= 15 is 0 Å². The molecule has 1 aromatic heterocycles. The Hall–Kier alpha value is -3.31. The van der Waals surface area contributed by atoms with Gasteiger partial charge in [0.2, 0.25) is 0 Å². The van der Waals surface area contributed by atoms with Crippen molar-refractivity contribution in [3.05, 3.63) is 41.2 Å². The minimum Gasteiger partial charge on any atom is -0.336 e. The van der Waals surface area contributed by atoms with Gasteiger partial charge in [-0.05, 0) is 13.0 Å². The van der Waals surface area contributed by atoms with Gasteiger partial charge < -0.3 is 15.5 Å². The van der Waals surface area contributed by atoms with Gasteiger partial charge in [-0.2, -0.15) is 5.10 Å². The Morgan fingerprint density at radius 2 is 2.10 bits per heavy atom. The maximum atomic E-state index is 13.7. The number of nitrogens with zero attached hydrogens (tertiary/aromatic N) is 4. The van der Waals surface area contributed by atoms with Crippen molar-refractivity contribution in [2.75, 3.05) is 23.3 Å². The van der Waals surface area contributed by atoms with E-state index in [-0.39, 0.29) is 24.3 Å². The normalized spacial score (nSPS) is 18.6. The number of rotatable bonds is 3. The minimum atomic E-state index is -3.23. The molecular formula is C18H18F4N6O2. The molecule has 0 radical (unpaired) electrons. The fourth-order valence-electron chi connectivity index (χ4n) is 3.62. The number of amides is 4. The quantitative estimate of drug-likeness (QED) is 0.741. The number of hydrogen-bond donors (Lipinski definition) is 2. The highest BCUT2D eigenvalue weighted by Gasteiger charge is 2.33. The number of alkyl halides is 2. The summed E-state index contributed by atoms with van der Waals surface area (Å²) >= 11 is 0. The highest BCUT2D eigenvalue weighted by molar-refractivity contribution is 5.95. The fraction of sp³-hybridized carbons (Fsp3) is 0.389. The summed E-state index contributed by atoms with van der Waals surface area (Å²) in [5.74, 6) is -3.12. The molecule has 1 fully saturated rings. The van der Waals surface area contributed by atoms with Gasteiger partial charge in [-0.15, -0.1) is 0 Å². The second kappa shape index (κ2) is 7.50. The largest absolute Gasteiger partial charge is 0.336 e. The van der Waals surface area contributed by atoms with Crippen LogP contribution >= 0.6 is 0 Å². The van der Waals surface area contributed by atoms with Crippen LogP contribution in [0.1, 0.15) is 24.6 Å². The van der Waals surface area contributed by atoms with Crippen LogP contribution in [0.15, 0.2) is 18.3 Å². The molecule has 8 nitrogen and oxygen atoms in total. The Bertz CT molecular complexity index is 1010.